The van der Waals surface area contributed by atoms with E-state index < -0.39 is 0 Å². The summed E-state index contributed by atoms with van der Waals surface area (Å²) in [4.78, 5) is 15.2. The zero-order valence-corrected chi connectivity index (χ0v) is 17.1. The molecule has 0 aliphatic carbocycles. The molecule has 0 radical (unpaired) electrons. The van der Waals surface area contributed by atoms with Gasteiger partial charge < -0.3 is 15.0 Å². The molecule has 0 saturated carbocycles. The molecule has 1 N–H and O–H groups in total. The van der Waals surface area contributed by atoms with Crippen molar-refractivity contribution in [2.24, 2.45) is 11.8 Å². The average molecular weight is 373 g/mol. The molecule has 2 aliphatic heterocycles. The lowest BCUT2D eigenvalue weighted by atomic mass is 9.84. The van der Waals surface area contributed by atoms with Gasteiger partial charge in [0.1, 0.15) is 0 Å². The summed E-state index contributed by atoms with van der Waals surface area (Å²) in [5, 5.41) is 3.42. The van der Waals surface area contributed by atoms with Crippen LogP contribution in [0.25, 0.3) is 0 Å². The van der Waals surface area contributed by atoms with Gasteiger partial charge >= 0.3 is 0 Å². The van der Waals surface area contributed by atoms with Crippen molar-refractivity contribution in [1.82, 2.24) is 10.2 Å². The molecule has 2 saturated heterocycles. The van der Waals surface area contributed by atoms with Crippen LogP contribution in [0.2, 0.25) is 0 Å². The Balaban J connectivity index is 1.57. The van der Waals surface area contributed by atoms with Crippen molar-refractivity contribution in [1.29, 1.82) is 0 Å². The number of piperidine rings is 1. The molecule has 0 spiro atoms. The fraction of sp³-hybridized carbons (Fsp3) is 0.696. The monoisotopic (exact) mass is 372 g/mol. The first kappa shape index (κ1) is 20.3. The average Bonchev–Trinajstić information content (AvgIpc) is 3.20. The van der Waals surface area contributed by atoms with Crippen LogP contribution in [-0.4, -0.2) is 49.7 Å². The van der Waals surface area contributed by atoms with Gasteiger partial charge in [-0.1, -0.05) is 36.8 Å². The molecule has 2 unspecified atom stereocenters. The number of hydrogen-bond acceptors (Lipinski definition) is 3. The second-order valence-electron chi connectivity index (χ2n) is 8.48. The van der Waals surface area contributed by atoms with Crippen molar-refractivity contribution in [2.75, 3.05) is 32.8 Å². The van der Waals surface area contributed by atoms with E-state index in [1.165, 1.54) is 24.0 Å². The Morgan fingerprint density at radius 1 is 1.22 bits per heavy atom. The maximum Gasteiger partial charge on any atom is 0.222 e. The summed E-state index contributed by atoms with van der Waals surface area (Å²) in [5.41, 5.74) is 2.58. The van der Waals surface area contributed by atoms with Gasteiger partial charge in [-0.15, -0.1) is 0 Å². The van der Waals surface area contributed by atoms with E-state index in [1.807, 2.05) is 0 Å². The fourth-order valence-electron chi connectivity index (χ4n) is 4.36. The molecular weight excluding hydrogens is 336 g/mol. The topological polar surface area (TPSA) is 41.6 Å². The molecule has 150 valence electrons. The number of hydrogen-bond donors (Lipinski definition) is 1. The number of carbonyl (C=O) groups is 1. The first-order valence-corrected chi connectivity index (χ1v) is 10.8. The van der Waals surface area contributed by atoms with Crippen LogP contribution in [0.15, 0.2) is 24.3 Å². The minimum absolute atomic E-state index is 0.223. The minimum atomic E-state index is 0.223. The maximum absolute atomic E-state index is 13.1. The van der Waals surface area contributed by atoms with E-state index in [0.29, 0.717) is 24.2 Å². The number of nitrogens with zero attached hydrogens (tertiary/aromatic N) is 1. The van der Waals surface area contributed by atoms with Gasteiger partial charge in [0.15, 0.2) is 0 Å². The van der Waals surface area contributed by atoms with Gasteiger partial charge in [0.05, 0.1) is 6.10 Å². The van der Waals surface area contributed by atoms with Gasteiger partial charge in [-0.05, 0) is 69.5 Å². The predicted molar refractivity (Wildman–Crippen MR) is 110 cm³/mol. The molecule has 1 aromatic rings. The number of ether oxygens (including phenoxy) is 1. The highest BCUT2D eigenvalue weighted by Crippen LogP contribution is 2.25. The highest BCUT2D eigenvalue weighted by atomic mass is 16.5. The maximum atomic E-state index is 13.1. The predicted octanol–water partition coefficient (Wildman–Crippen LogP) is 3.57. The number of nitrogens with one attached hydrogen (secondary N) is 1. The largest absolute Gasteiger partial charge is 0.376 e. The first-order valence-electron chi connectivity index (χ1n) is 10.8. The minimum Gasteiger partial charge on any atom is -0.376 e. The zero-order chi connectivity index (χ0) is 19.1. The summed E-state index contributed by atoms with van der Waals surface area (Å²) in [5.74, 6) is 1.45. The Labute approximate surface area is 164 Å². The molecular formula is C23H36N2O2. The second-order valence-corrected chi connectivity index (χ2v) is 8.48. The lowest BCUT2D eigenvalue weighted by Gasteiger charge is -2.31. The van der Waals surface area contributed by atoms with Crippen molar-refractivity contribution in [3.63, 3.8) is 0 Å². The molecule has 4 heteroatoms. The van der Waals surface area contributed by atoms with Gasteiger partial charge in [-0.3, -0.25) is 4.79 Å². The number of benzene rings is 1. The smallest absolute Gasteiger partial charge is 0.222 e. The van der Waals surface area contributed by atoms with E-state index in [-0.39, 0.29) is 6.10 Å². The molecule has 1 amide bonds. The van der Waals surface area contributed by atoms with E-state index in [9.17, 15) is 4.79 Å². The quantitative estimate of drug-likeness (QED) is 0.758. The van der Waals surface area contributed by atoms with Crippen LogP contribution < -0.4 is 5.32 Å². The Bertz CT molecular complexity index is 575. The molecule has 2 fully saturated rings. The molecule has 2 atom stereocenters. The van der Waals surface area contributed by atoms with Gasteiger partial charge in [-0.2, -0.15) is 0 Å². The van der Waals surface area contributed by atoms with Crippen LogP contribution in [0.3, 0.4) is 0 Å². The van der Waals surface area contributed by atoms with Gasteiger partial charge in [0.2, 0.25) is 5.91 Å². The van der Waals surface area contributed by atoms with Crippen LogP contribution in [0.4, 0.5) is 0 Å². The molecule has 2 heterocycles. The molecule has 0 aromatic heterocycles. The van der Waals surface area contributed by atoms with Gasteiger partial charge in [0, 0.05) is 26.1 Å². The Morgan fingerprint density at radius 3 is 2.63 bits per heavy atom. The van der Waals surface area contributed by atoms with Crippen LogP contribution >= 0.6 is 0 Å². The Kier molecular flexibility index (Phi) is 7.71. The second kappa shape index (κ2) is 10.2. The summed E-state index contributed by atoms with van der Waals surface area (Å²) in [6, 6.07) is 8.67. The molecule has 1 aromatic carbocycles. The molecule has 0 bridgehead atoms. The summed E-state index contributed by atoms with van der Waals surface area (Å²) < 4.78 is 5.82. The lowest BCUT2D eigenvalue weighted by molar-refractivity contribution is -0.134. The van der Waals surface area contributed by atoms with E-state index >= 15 is 0 Å². The summed E-state index contributed by atoms with van der Waals surface area (Å²) in [7, 11) is 0. The summed E-state index contributed by atoms with van der Waals surface area (Å²) in [6.07, 6.45) is 6.41. The first-order chi connectivity index (χ1) is 13.1. The standard InChI is InChI=1S/C23H36N2O2/c1-18-5-7-20(8-6-18)11-14-25(17-22-4-3-15-27-22)23(26)16-19(2)21-9-12-24-13-10-21/h5-8,19,21-22,24H,3-4,9-17H2,1-2H3. The normalized spacial score (nSPS) is 21.9. The van der Waals surface area contributed by atoms with E-state index in [0.717, 1.165) is 52.0 Å². The van der Waals surface area contributed by atoms with Crippen LogP contribution in [0.1, 0.15) is 50.2 Å². The third-order valence-electron chi connectivity index (χ3n) is 6.28. The van der Waals surface area contributed by atoms with Gasteiger partial charge in [-0.25, -0.2) is 0 Å². The van der Waals surface area contributed by atoms with Crippen LogP contribution in [0, 0.1) is 18.8 Å². The van der Waals surface area contributed by atoms with Gasteiger partial charge in [0.25, 0.3) is 0 Å². The highest BCUT2D eigenvalue weighted by Gasteiger charge is 2.26. The summed E-state index contributed by atoms with van der Waals surface area (Å²) >= 11 is 0. The number of rotatable bonds is 8. The zero-order valence-electron chi connectivity index (χ0n) is 17.1. The Morgan fingerprint density at radius 2 is 1.96 bits per heavy atom. The van der Waals surface area contributed by atoms with E-state index in [4.69, 9.17) is 4.74 Å². The lowest BCUT2D eigenvalue weighted by Crippen LogP contribution is -2.40. The van der Waals surface area contributed by atoms with Crippen molar-refractivity contribution >= 4 is 5.91 Å². The van der Waals surface area contributed by atoms with E-state index in [2.05, 4.69) is 48.3 Å². The molecule has 2 aliphatic rings. The highest BCUT2D eigenvalue weighted by molar-refractivity contribution is 5.76. The number of carbonyl (C=O) groups excluding carboxylic acids is 1. The summed E-state index contributed by atoms with van der Waals surface area (Å²) in [6.45, 7) is 8.95. The molecule has 4 nitrogen and oxygen atoms in total. The van der Waals surface area contributed by atoms with Crippen molar-refractivity contribution in [3.8, 4) is 0 Å². The fourth-order valence-corrected chi connectivity index (χ4v) is 4.36. The van der Waals surface area contributed by atoms with Crippen LogP contribution in [-0.2, 0) is 16.0 Å². The number of aryl methyl sites for hydroxylation is 1. The Hall–Kier alpha value is -1.39. The third-order valence-corrected chi connectivity index (χ3v) is 6.28. The third kappa shape index (κ3) is 6.32. The number of amides is 1. The SMILES string of the molecule is Cc1ccc(CCN(CC2CCCO2)C(=O)CC(C)C2CCNCC2)cc1. The van der Waals surface area contributed by atoms with Crippen LogP contribution in [0.5, 0.6) is 0 Å². The van der Waals surface area contributed by atoms with Crippen molar-refractivity contribution in [3.05, 3.63) is 35.4 Å². The molecule has 27 heavy (non-hydrogen) atoms. The molecule has 3 rings (SSSR count). The van der Waals surface area contributed by atoms with Crippen molar-refractivity contribution < 1.29 is 9.53 Å². The van der Waals surface area contributed by atoms with Crippen molar-refractivity contribution in [2.45, 2.75) is 58.5 Å². The van der Waals surface area contributed by atoms with E-state index in [1.54, 1.807) is 0 Å².